The number of nitrogen functional groups attached to an aromatic ring is 1. The molecule has 0 fully saturated rings. The van der Waals surface area contributed by atoms with E-state index in [2.05, 4.69) is 45.8 Å². The first kappa shape index (κ1) is 7.79. The van der Waals surface area contributed by atoms with Crippen molar-refractivity contribution in [1.82, 2.24) is 4.98 Å². The molecule has 0 bridgehead atoms. The van der Waals surface area contributed by atoms with Crippen molar-refractivity contribution in [1.29, 1.82) is 0 Å². The molecular weight excluding hydrogens is 263 g/mol. The maximum absolute atomic E-state index is 5.55. The summed E-state index contributed by atoms with van der Waals surface area (Å²) < 4.78 is 1.21. The number of benzene rings is 1. The standard InChI is InChI=1S/C9H7IN2/c10-8-2-1-6-4-9(11)12-5-7(6)3-8/h1-5H,(H2,11,12). The predicted octanol–water partition coefficient (Wildman–Crippen LogP) is 2.42. The van der Waals surface area contributed by atoms with E-state index in [1.165, 1.54) is 3.57 Å². The molecule has 0 radical (unpaired) electrons. The Balaban J connectivity index is 2.79. The molecule has 0 atom stereocenters. The van der Waals surface area contributed by atoms with E-state index >= 15 is 0 Å². The summed E-state index contributed by atoms with van der Waals surface area (Å²) in [7, 11) is 0. The van der Waals surface area contributed by atoms with Crippen molar-refractivity contribution >= 4 is 39.2 Å². The number of nitrogens with two attached hydrogens (primary N) is 1. The van der Waals surface area contributed by atoms with E-state index in [0.717, 1.165) is 10.8 Å². The zero-order valence-corrected chi connectivity index (χ0v) is 8.45. The number of hydrogen-bond donors (Lipinski definition) is 1. The second-order valence-corrected chi connectivity index (χ2v) is 3.85. The molecule has 1 heterocycles. The minimum atomic E-state index is 0.573. The van der Waals surface area contributed by atoms with Crippen LogP contribution in [0.1, 0.15) is 0 Å². The molecule has 0 amide bonds. The normalized spacial score (nSPS) is 10.4. The fraction of sp³-hybridized carbons (Fsp3) is 0. The summed E-state index contributed by atoms with van der Waals surface area (Å²) in [6.07, 6.45) is 1.80. The summed E-state index contributed by atoms with van der Waals surface area (Å²) in [5.41, 5.74) is 5.55. The lowest BCUT2D eigenvalue weighted by molar-refractivity contribution is 1.37. The molecule has 0 aliphatic carbocycles. The average molecular weight is 270 g/mol. The third-order valence-electron chi connectivity index (χ3n) is 1.70. The highest BCUT2D eigenvalue weighted by Crippen LogP contribution is 2.17. The van der Waals surface area contributed by atoms with E-state index < -0.39 is 0 Å². The van der Waals surface area contributed by atoms with Gasteiger partial charge in [0.1, 0.15) is 5.82 Å². The van der Waals surface area contributed by atoms with E-state index in [1.54, 1.807) is 6.20 Å². The molecule has 0 saturated carbocycles. The predicted molar refractivity (Wildman–Crippen MR) is 58.9 cm³/mol. The van der Waals surface area contributed by atoms with Crippen LogP contribution in [0.15, 0.2) is 30.5 Å². The van der Waals surface area contributed by atoms with Gasteiger partial charge in [0.05, 0.1) is 0 Å². The first-order chi connectivity index (χ1) is 5.75. The highest BCUT2D eigenvalue weighted by atomic mass is 127. The topological polar surface area (TPSA) is 38.9 Å². The molecule has 0 saturated heterocycles. The van der Waals surface area contributed by atoms with Crippen LogP contribution in [0.2, 0.25) is 0 Å². The minimum absolute atomic E-state index is 0.573. The molecular formula is C9H7IN2. The summed E-state index contributed by atoms with van der Waals surface area (Å²) in [5.74, 6) is 0.573. The number of halogens is 1. The maximum atomic E-state index is 5.55. The van der Waals surface area contributed by atoms with Gasteiger partial charge < -0.3 is 5.73 Å². The van der Waals surface area contributed by atoms with E-state index in [4.69, 9.17) is 5.73 Å². The fourth-order valence-corrected chi connectivity index (χ4v) is 1.64. The number of fused-ring (bicyclic) bond motifs is 1. The van der Waals surface area contributed by atoms with Gasteiger partial charge in [0, 0.05) is 15.2 Å². The molecule has 0 spiro atoms. The molecule has 1 aromatic carbocycles. The number of nitrogens with zero attached hydrogens (tertiary/aromatic N) is 1. The van der Waals surface area contributed by atoms with Gasteiger partial charge in [-0.1, -0.05) is 6.07 Å². The Morgan fingerprint density at radius 3 is 2.83 bits per heavy atom. The molecule has 0 unspecified atom stereocenters. The van der Waals surface area contributed by atoms with Crippen molar-refractivity contribution in [3.8, 4) is 0 Å². The Kier molecular flexibility index (Phi) is 1.88. The van der Waals surface area contributed by atoms with Gasteiger partial charge in [0.25, 0.3) is 0 Å². The summed E-state index contributed by atoms with van der Waals surface area (Å²) in [5, 5.41) is 2.28. The van der Waals surface area contributed by atoms with Crippen LogP contribution in [-0.4, -0.2) is 4.98 Å². The number of hydrogen-bond acceptors (Lipinski definition) is 2. The minimum Gasteiger partial charge on any atom is -0.384 e. The largest absolute Gasteiger partial charge is 0.384 e. The van der Waals surface area contributed by atoms with Crippen LogP contribution in [0.4, 0.5) is 5.82 Å². The molecule has 2 rings (SSSR count). The van der Waals surface area contributed by atoms with Crippen LogP contribution in [0, 0.1) is 3.57 Å². The van der Waals surface area contributed by atoms with E-state index in [-0.39, 0.29) is 0 Å². The SMILES string of the molecule is Nc1cc2ccc(I)cc2cn1. The summed E-state index contributed by atoms with van der Waals surface area (Å²) in [6.45, 7) is 0. The molecule has 2 aromatic rings. The zero-order valence-electron chi connectivity index (χ0n) is 6.29. The van der Waals surface area contributed by atoms with Crippen LogP contribution in [-0.2, 0) is 0 Å². The van der Waals surface area contributed by atoms with Crippen molar-refractivity contribution in [2.45, 2.75) is 0 Å². The highest BCUT2D eigenvalue weighted by molar-refractivity contribution is 14.1. The van der Waals surface area contributed by atoms with Crippen LogP contribution in [0.3, 0.4) is 0 Å². The van der Waals surface area contributed by atoms with Crippen molar-refractivity contribution in [2.75, 3.05) is 5.73 Å². The second-order valence-electron chi connectivity index (χ2n) is 2.60. The van der Waals surface area contributed by atoms with Gasteiger partial charge in [-0.2, -0.15) is 0 Å². The molecule has 1 aromatic heterocycles. The van der Waals surface area contributed by atoms with Crippen molar-refractivity contribution in [2.24, 2.45) is 0 Å². The van der Waals surface area contributed by atoms with Crippen LogP contribution >= 0.6 is 22.6 Å². The smallest absolute Gasteiger partial charge is 0.123 e. The van der Waals surface area contributed by atoms with Gasteiger partial charge in [-0.25, -0.2) is 4.98 Å². The zero-order chi connectivity index (χ0) is 8.55. The van der Waals surface area contributed by atoms with E-state index in [1.807, 2.05) is 6.07 Å². The monoisotopic (exact) mass is 270 g/mol. The van der Waals surface area contributed by atoms with Crippen molar-refractivity contribution < 1.29 is 0 Å². The second kappa shape index (κ2) is 2.90. The lowest BCUT2D eigenvalue weighted by atomic mass is 10.2. The molecule has 0 aliphatic heterocycles. The van der Waals surface area contributed by atoms with E-state index in [9.17, 15) is 0 Å². The lowest BCUT2D eigenvalue weighted by Crippen LogP contribution is -1.88. The summed E-state index contributed by atoms with van der Waals surface area (Å²) in [4.78, 5) is 4.02. The number of aromatic nitrogens is 1. The lowest BCUT2D eigenvalue weighted by Gasteiger charge is -1.98. The first-order valence-corrected chi connectivity index (χ1v) is 4.64. The molecule has 2 nitrogen and oxygen atoms in total. The molecule has 2 N–H and O–H groups in total. The van der Waals surface area contributed by atoms with E-state index in [0.29, 0.717) is 5.82 Å². The Bertz CT molecular complexity index is 385. The van der Waals surface area contributed by atoms with Crippen LogP contribution in [0.5, 0.6) is 0 Å². The van der Waals surface area contributed by atoms with Gasteiger partial charge >= 0.3 is 0 Å². The highest BCUT2D eigenvalue weighted by Gasteiger charge is 1.94. The summed E-state index contributed by atoms with van der Waals surface area (Å²) >= 11 is 2.28. The van der Waals surface area contributed by atoms with Crippen molar-refractivity contribution in [3.63, 3.8) is 0 Å². The number of pyridine rings is 1. The summed E-state index contributed by atoms with van der Waals surface area (Å²) in [6, 6.07) is 8.07. The molecule has 0 aliphatic rings. The fourth-order valence-electron chi connectivity index (χ4n) is 1.13. The average Bonchev–Trinajstić information content (AvgIpc) is 2.05. The molecule has 3 heteroatoms. The third-order valence-corrected chi connectivity index (χ3v) is 2.38. The van der Waals surface area contributed by atoms with Gasteiger partial charge in [-0.3, -0.25) is 0 Å². The maximum Gasteiger partial charge on any atom is 0.123 e. The molecule has 60 valence electrons. The van der Waals surface area contributed by atoms with Gasteiger partial charge in [-0.05, 0) is 46.2 Å². The Morgan fingerprint density at radius 1 is 1.17 bits per heavy atom. The third kappa shape index (κ3) is 1.36. The Hall–Kier alpha value is -0.840. The Morgan fingerprint density at radius 2 is 2.00 bits per heavy atom. The number of rotatable bonds is 0. The van der Waals surface area contributed by atoms with Crippen molar-refractivity contribution in [3.05, 3.63) is 34.0 Å². The first-order valence-electron chi connectivity index (χ1n) is 3.56. The quantitative estimate of drug-likeness (QED) is 0.747. The van der Waals surface area contributed by atoms with Gasteiger partial charge in [0.2, 0.25) is 0 Å². The molecule has 12 heavy (non-hydrogen) atoms. The van der Waals surface area contributed by atoms with Crippen LogP contribution in [0.25, 0.3) is 10.8 Å². The van der Waals surface area contributed by atoms with Crippen LogP contribution < -0.4 is 5.73 Å². The van der Waals surface area contributed by atoms with Gasteiger partial charge in [0.15, 0.2) is 0 Å². The van der Waals surface area contributed by atoms with Gasteiger partial charge in [-0.15, -0.1) is 0 Å². The number of anilines is 1. The Labute approximate surface area is 83.9 Å².